The maximum absolute atomic E-state index is 6.20. The molecule has 1 saturated carbocycles. The van der Waals surface area contributed by atoms with Gasteiger partial charge in [-0.1, -0.05) is 13.8 Å². The van der Waals surface area contributed by atoms with Crippen molar-refractivity contribution in [1.29, 1.82) is 0 Å². The van der Waals surface area contributed by atoms with Crippen LogP contribution in [-0.4, -0.2) is 48.2 Å². The van der Waals surface area contributed by atoms with Gasteiger partial charge in [0.1, 0.15) is 0 Å². The zero-order chi connectivity index (χ0) is 13.8. The van der Waals surface area contributed by atoms with Gasteiger partial charge >= 0.3 is 0 Å². The number of hydrogen-bond donors (Lipinski definition) is 2. The highest BCUT2D eigenvalue weighted by Crippen LogP contribution is 2.28. The number of piperidine rings is 1. The summed E-state index contributed by atoms with van der Waals surface area (Å²) >= 11 is 4.37. The fraction of sp³-hybridized carbons (Fsp3) is 1.00. The lowest BCUT2D eigenvalue weighted by Gasteiger charge is -2.41. The van der Waals surface area contributed by atoms with Gasteiger partial charge in [0.25, 0.3) is 0 Å². The SMILES string of the molecule is CC(C)CN1CCC(O[C@H]2C[C@H](NC(C)S)C2)CC1. The standard InChI is InChI=1S/C15H30N2OS/c1-11(2)10-17-6-4-14(5-7-17)18-15-8-13(9-15)16-12(3)19/h11-16,19H,4-10H2,1-3H3/t12?,13-,15-. The second kappa shape index (κ2) is 7.30. The maximum Gasteiger partial charge on any atom is 0.0608 e. The van der Waals surface area contributed by atoms with Gasteiger partial charge in [0.15, 0.2) is 0 Å². The predicted molar refractivity (Wildman–Crippen MR) is 83.8 cm³/mol. The molecule has 19 heavy (non-hydrogen) atoms. The molecule has 1 aliphatic carbocycles. The van der Waals surface area contributed by atoms with Gasteiger partial charge < -0.3 is 15.0 Å². The molecule has 1 N–H and O–H groups in total. The average Bonchev–Trinajstić information content (AvgIpc) is 2.27. The zero-order valence-electron chi connectivity index (χ0n) is 12.6. The van der Waals surface area contributed by atoms with Crippen molar-refractivity contribution in [1.82, 2.24) is 10.2 Å². The Kier molecular flexibility index (Phi) is 6.00. The van der Waals surface area contributed by atoms with E-state index in [-0.39, 0.29) is 0 Å². The number of hydrogen-bond acceptors (Lipinski definition) is 4. The van der Waals surface area contributed by atoms with Crippen molar-refractivity contribution in [3.8, 4) is 0 Å². The molecule has 3 nitrogen and oxygen atoms in total. The maximum atomic E-state index is 6.20. The van der Waals surface area contributed by atoms with Crippen molar-refractivity contribution >= 4 is 12.6 Å². The molecule has 2 fully saturated rings. The van der Waals surface area contributed by atoms with Gasteiger partial charge in [0.2, 0.25) is 0 Å². The third kappa shape index (κ3) is 5.25. The lowest BCUT2D eigenvalue weighted by molar-refractivity contribution is -0.0848. The van der Waals surface area contributed by atoms with E-state index in [1.807, 2.05) is 0 Å². The summed E-state index contributed by atoms with van der Waals surface area (Å²) in [6.45, 7) is 10.3. The molecule has 1 saturated heterocycles. The number of thiol groups is 1. The van der Waals surface area contributed by atoms with E-state index in [1.165, 1.54) is 32.5 Å². The topological polar surface area (TPSA) is 24.5 Å². The largest absolute Gasteiger partial charge is 0.375 e. The minimum absolute atomic E-state index is 0.297. The minimum Gasteiger partial charge on any atom is -0.375 e. The van der Waals surface area contributed by atoms with Crippen molar-refractivity contribution in [2.75, 3.05) is 19.6 Å². The van der Waals surface area contributed by atoms with E-state index in [4.69, 9.17) is 4.74 Å². The molecule has 0 bridgehead atoms. The molecular formula is C15H30N2OS. The zero-order valence-corrected chi connectivity index (χ0v) is 13.5. The van der Waals surface area contributed by atoms with Crippen LogP contribution in [-0.2, 0) is 4.74 Å². The van der Waals surface area contributed by atoms with E-state index in [0.29, 0.717) is 23.6 Å². The van der Waals surface area contributed by atoms with Crippen LogP contribution >= 0.6 is 12.6 Å². The summed E-state index contributed by atoms with van der Waals surface area (Å²) in [4.78, 5) is 2.58. The quantitative estimate of drug-likeness (QED) is 0.580. The number of rotatable bonds is 6. The molecular weight excluding hydrogens is 256 g/mol. The van der Waals surface area contributed by atoms with E-state index in [1.54, 1.807) is 0 Å². The number of likely N-dealkylation sites (tertiary alicyclic amines) is 1. The highest BCUT2D eigenvalue weighted by atomic mass is 32.1. The summed E-state index contributed by atoms with van der Waals surface area (Å²) in [7, 11) is 0. The Balaban J connectivity index is 1.57. The summed E-state index contributed by atoms with van der Waals surface area (Å²) in [6, 6.07) is 0.624. The Morgan fingerprint density at radius 3 is 2.32 bits per heavy atom. The first-order valence-electron chi connectivity index (χ1n) is 7.85. The Morgan fingerprint density at radius 1 is 1.16 bits per heavy atom. The van der Waals surface area contributed by atoms with Gasteiger partial charge in [-0.25, -0.2) is 0 Å². The summed E-state index contributed by atoms with van der Waals surface area (Å²) in [6.07, 6.45) is 5.75. The van der Waals surface area contributed by atoms with Crippen molar-refractivity contribution in [2.24, 2.45) is 5.92 Å². The first kappa shape index (κ1) is 15.6. The molecule has 1 unspecified atom stereocenters. The van der Waals surface area contributed by atoms with Gasteiger partial charge in [-0.2, -0.15) is 12.6 Å². The summed E-state index contributed by atoms with van der Waals surface area (Å²) < 4.78 is 6.20. The normalized spacial score (nSPS) is 31.4. The molecule has 1 atom stereocenters. The Bertz CT molecular complexity index is 259. The van der Waals surface area contributed by atoms with E-state index in [2.05, 4.69) is 43.6 Å². The van der Waals surface area contributed by atoms with Crippen LogP contribution in [0.1, 0.15) is 46.5 Å². The van der Waals surface area contributed by atoms with Crippen molar-refractivity contribution in [3.63, 3.8) is 0 Å². The highest BCUT2D eigenvalue weighted by molar-refractivity contribution is 7.80. The molecule has 0 spiro atoms. The van der Waals surface area contributed by atoms with Crippen molar-refractivity contribution in [2.45, 2.75) is 70.1 Å². The molecule has 112 valence electrons. The fourth-order valence-electron chi connectivity index (χ4n) is 3.17. The van der Waals surface area contributed by atoms with Gasteiger partial charge in [-0.15, -0.1) is 0 Å². The van der Waals surface area contributed by atoms with E-state index in [0.717, 1.165) is 18.8 Å². The van der Waals surface area contributed by atoms with Crippen LogP contribution in [0.25, 0.3) is 0 Å². The molecule has 0 aromatic rings. The molecule has 1 heterocycles. The first-order chi connectivity index (χ1) is 9.02. The van der Waals surface area contributed by atoms with Gasteiger partial charge in [0, 0.05) is 31.0 Å². The summed E-state index contributed by atoms with van der Waals surface area (Å²) in [5.74, 6) is 0.777. The molecule has 2 rings (SSSR count). The van der Waals surface area contributed by atoms with Crippen LogP contribution in [0, 0.1) is 5.92 Å². The van der Waals surface area contributed by atoms with Crippen LogP contribution in [0.15, 0.2) is 0 Å². The second-order valence-corrected chi connectivity index (χ2v) is 7.44. The molecule has 0 radical (unpaired) electrons. The van der Waals surface area contributed by atoms with E-state index in [9.17, 15) is 0 Å². The third-order valence-electron chi connectivity index (χ3n) is 4.11. The van der Waals surface area contributed by atoms with E-state index >= 15 is 0 Å². The first-order valence-corrected chi connectivity index (χ1v) is 8.36. The Labute approximate surface area is 123 Å². The highest BCUT2D eigenvalue weighted by Gasteiger charge is 2.33. The molecule has 1 aliphatic heterocycles. The Morgan fingerprint density at radius 2 is 1.79 bits per heavy atom. The third-order valence-corrected chi connectivity index (χ3v) is 4.26. The monoisotopic (exact) mass is 286 g/mol. The lowest BCUT2D eigenvalue weighted by atomic mass is 9.88. The minimum atomic E-state index is 0.297. The second-order valence-electron chi connectivity index (χ2n) is 6.66. The molecule has 0 aromatic carbocycles. The Hall–Kier alpha value is 0.230. The predicted octanol–water partition coefficient (Wildman–Crippen LogP) is 2.52. The average molecular weight is 286 g/mol. The van der Waals surface area contributed by atoms with Crippen LogP contribution in [0.4, 0.5) is 0 Å². The smallest absolute Gasteiger partial charge is 0.0608 e. The van der Waals surface area contributed by atoms with Crippen LogP contribution in [0.5, 0.6) is 0 Å². The molecule has 2 aliphatic rings. The summed E-state index contributed by atoms with van der Waals surface area (Å²) in [5.41, 5.74) is 0. The fourth-order valence-corrected chi connectivity index (χ4v) is 3.38. The van der Waals surface area contributed by atoms with Crippen molar-refractivity contribution < 1.29 is 4.74 Å². The number of nitrogens with one attached hydrogen (secondary N) is 1. The van der Waals surface area contributed by atoms with Crippen LogP contribution < -0.4 is 5.32 Å². The molecule has 0 amide bonds. The van der Waals surface area contributed by atoms with Crippen LogP contribution in [0.2, 0.25) is 0 Å². The van der Waals surface area contributed by atoms with E-state index < -0.39 is 0 Å². The molecule has 0 aromatic heterocycles. The van der Waals surface area contributed by atoms with Gasteiger partial charge in [-0.3, -0.25) is 0 Å². The van der Waals surface area contributed by atoms with Crippen molar-refractivity contribution in [3.05, 3.63) is 0 Å². The molecule has 4 heteroatoms. The van der Waals surface area contributed by atoms with Crippen LogP contribution in [0.3, 0.4) is 0 Å². The lowest BCUT2D eigenvalue weighted by Crippen LogP contribution is -2.49. The van der Waals surface area contributed by atoms with Gasteiger partial charge in [-0.05, 0) is 38.5 Å². The number of ether oxygens (including phenoxy) is 1. The number of nitrogens with zero attached hydrogens (tertiary/aromatic N) is 1. The van der Waals surface area contributed by atoms with Gasteiger partial charge in [0.05, 0.1) is 12.2 Å². The summed E-state index contributed by atoms with van der Waals surface area (Å²) in [5, 5.41) is 3.75.